The van der Waals surface area contributed by atoms with E-state index >= 15 is 0 Å². The smallest absolute Gasteiger partial charge is 0.156 e. The first-order valence-electron chi connectivity index (χ1n) is 7.88. The van der Waals surface area contributed by atoms with E-state index in [2.05, 4.69) is 25.7 Å². The van der Waals surface area contributed by atoms with E-state index in [4.69, 9.17) is 9.84 Å². The minimum atomic E-state index is 0.172. The summed E-state index contributed by atoms with van der Waals surface area (Å²) in [6.07, 6.45) is 6.18. The molecule has 0 aliphatic heterocycles. The van der Waals surface area contributed by atoms with Gasteiger partial charge >= 0.3 is 0 Å². The molecule has 0 radical (unpaired) electrons. The highest BCUT2D eigenvalue weighted by atomic mass is 16.5. The number of fused-ring (bicyclic) bond motifs is 2. The number of nitrogens with zero attached hydrogens (tertiary/aromatic N) is 3. The van der Waals surface area contributed by atoms with Crippen LogP contribution in [-0.2, 0) is 6.54 Å². The van der Waals surface area contributed by atoms with Crippen LogP contribution in [-0.4, -0.2) is 38.3 Å². The Labute approximate surface area is 138 Å². The van der Waals surface area contributed by atoms with Crippen LogP contribution in [0.3, 0.4) is 0 Å². The van der Waals surface area contributed by atoms with Gasteiger partial charge in [0.25, 0.3) is 0 Å². The lowest BCUT2D eigenvalue weighted by molar-refractivity contribution is 0.280. The largest absolute Gasteiger partial charge is 0.497 e. The van der Waals surface area contributed by atoms with Gasteiger partial charge in [0.2, 0.25) is 0 Å². The van der Waals surface area contributed by atoms with Crippen molar-refractivity contribution in [2.75, 3.05) is 13.7 Å². The summed E-state index contributed by atoms with van der Waals surface area (Å²) in [7, 11) is 1.67. The number of aromatic amines is 1. The van der Waals surface area contributed by atoms with E-state index < -0.39 is 0 Å². The van der Waals surface area contributed by atoms with E-state index in [9.17, 15) is 0 Å². The zero-order valence-electron chi connectivity index (χ0n) is 13.4. The molecule has 4 rings (SSSR count). The summed E-state index contributed by atoms with van der Waals surface area (Å²) >= 11 is 0. The lowest BCUT2D eigenvalue weighted by Crippen LogP contribution is -1.98. The molecule has 6 heteroatoms. The molecule has 0 bridgehead atoms. The van der Waals surface area contributed by atoms with E-state index in [0.29, 0.717) is 6.42 Å². The number of nitrogens with one attached hydrogen (secondary N) is 1. The standard InChI is InChI=1S/C18H18N4O2/c1-24-12-3-4-17-13(9-12)14(11-22(17)7-2-8-23)15-10-16-18(21-15)20-6-5-19-16/h3-6,9-11,23H,2,7-8H2,1H3,(H,20,21). The second-order valence-electron chi connectivity index (χ2n) is 5.67. The van der Waals surface area contributed by atoms with Crippen LogP contribution in [0.5, 0.6) is 5.75 Å². The van der Waals surface area contributed by atoms with Gasteiger partial charge in [-0.05, 0) is 30.7 Å². The topological polar surface area (TPSA) is 76.0 Å². The van der Waals surface area contributed by atoms with Crippen LogP contribution in [0.15, 0.2) is 42.9 Å². The maximum Gasteiger partial charge on any atom is 0.156 e. The number of ether oxygens (including phenoxy) is 1. The highest BCUT2D eigenvalue weighted by molar-refractivity contribution is 5.98. The van der Waals surface area contributed by atoms with Crippen LogP contribution in [0.1, 0.15) is 6.42 Å². The maximum atomic E-state index is 9.14. The van der Waals surface area contributed by atoms with Crippen molar-refractivity contribution in [1.29, 1.82) is 0 Å². The van der Waals surface area contributed by atoms with Gasteiger partial charge in [0.15, 0.2) is 5.65 Å². The molecular formula is C18H18N4O2. The van der Waals surface area contributed by atoms with Crippen molar-refractivity contribution >= 4 is 22.1 Å². The first-order chi connectivity index (χ1) is 11.8. The summed E-state index contributed by atoms with van der Waals surface area (Å²) in [5.74, 6) is 0.816. The van der Waals surface area contributed by atoms with Crippen molar-refractivity contribution in [2.45, 2.75) is 13.0 Å². The highest BCUT2D eigenvalue weighted by Gasteiger charge is 2.14. The van der Waals surface area contributed by atoms with E-state index in [0.717, 1.165) is 45.6 Å². The molecule has 0 saturated carbocycles. The van der Waals surface area contributed by atoms with E-state index in [-0.39, 0.29) is 6.61 Å². The van der Waals surface area contributed by atoms with E-state index in [1.807, 2.05) is 24.3 Å². The molecule has 0 aliphatic rings. The molecule has 24 heavy (non-hydrogen) atoms. The maximum absolute atomic E-state index is 9.14. The fourth-order valence-electron chi connectivity index (χ4n) is 3.04. The highest BCUT2D eigenvalue weighted by Crippen LogP contribution is 2.33. The predicted octanol–water partition coefficient (Wildman–Crippen LogP) is 2.97. The van der Waals surface area contributed by atoms with Crippen molar-refractivity contribution in [3.63, 3.8) is 0 Å². The summed E-state index contributed by atoms with van der Waals surface area (Å²) in [5.41, 5.74) is 4.76. The average Bonchev–Trinajstić information content (AvgIpc) is 3.20. The summed E-state index contributed by atoms with van der Waals surface area (Å²) in [6, 6.07) is 8.05. The first kappa shape index (κ1) is 14.7. The molecule has 3 aromatic heterocycles. The molecule has 1 aromatic carbocycles. The van der Waals surface area contributed by atoms with Crippen molar-refractivity contribution in [2.24, 2.45) is 0 Å². The number of rotatable bonds is 5. The Hall–Kier alpha value is -2.86. The van der Waals surface area contributed by atoms with Gasteiger partial charge in [-0.15, -0.1) is 0 Å². The van der Waals surface area contributed by atoms with Gasteiger partial charge in [-0.1, -0.05) is 0 Å². The Morgan fingerprint density at radius 1 is 1.21 bits per heavy atom. The molecular weight excluding hydrogens is 304 g/mol. The number of aryl methyl sites for hydroxylation is 1. The normalized spacial score (nSPS) is 11.4. The Morgan fingerprint density at radius 3 is 2.88 bits per heavy atom. The van der Waals surface area contributed by atoms with Gasteiger partial charge in [-0.3, -0.25) is 4.98 Å². The molecule has 3 heterocycles. The number of hydrogen-bond acceptors (Lipinski definition) is 4. The Kier molecular flexibility index (Phi) is 3.66. The average molecular weight is 322 g/mol. The van der Waals surface area contributed by atoms with Crippen molar-refractivity contribution in [3.8, 4) is 17.0 Å². The summed E-state index contributed by atoms with van der Waals surface area (Å²) in [4.78, 5) is 12.0. The zero-order valence-corrected chi connectivity index (χ0v) is 13.4. The number of hydrogen-bond donors (Lipinski definition) is 2. The number of H-pyrrole nitrogens is 1. The van der Waals surface area contributed by atoms with Crippen LogP contribution in [0.2, 0.25) is 0 Å². The van der Waals surface area contributed by atoms with Gasteiger partial charge in [0.1, 0.15) is 11.3 Å². The lowest BCUT2D eigenvalue weighted by Gasteiger charge is -2.04. The van der Waals surface area contributed by atoms with Crippen LogP contribution in [0, 0.1) is 0 Å². The third kappa shape index (κ3) is 2.41. The fourth-order valence-corrected chi connectivity index (χ4v) is 3.04. The monoisotopic (exact) mass is 322 g/mol. The molecule has 122 valence electrons. The fraction of sp³-hybridized carbons (Fsp3) is 0.222. The Balaban J connectivity index is 1.92. The number of benzene rings is 1. The quantitative estimate of drug-likeness (QED) is 0.592. The number of aliphatic hydroxyl groups excluding tert-OH is 1. The van der Waals surface area contributed by atoms with Crippen LogP contribution in [0.4, 0.5) is 0 Å². The summed E-state index contributed by atoms with van der Waals surface area (Å²) < 4.78 is 7.54. The van der Waals surface area contributed by atoms with Crippen LogP contribution in [0.25, 0.3) is 33.3 Å². The summed E-state index contributed by atoms with van der Waals surface area (Å²) in [5, 5.41) is 10.2. The van der Waals surface area contributed by atoms with Gasteiger partial charge in [0, 0.05) is 48.2 Å². The molecule has 0 aliphatic carbocycles. The van der Waals surface area contributed by atoms with Crippen molar-refractivity contribution in [3.05, 3.63) is 42.9 Å². The number of methoxy groups -OCH3 is 1. The van der Waals surface area contributed by atoms with Gasteiger partial charge in [-0.2, -0.15) is 0 Å². The van der Waals surface area contributed by atoms with Crippen LogP contribution < -0.4 is 4.74 Å². The van der Waals surface area contributed by atoms with Gasteiger partial charge in [0.05, 0.1) is 12.8 Å². The first-order valence-corrected chi connectivity index (χ1v) is 7.88. The summed E-state index contributed by atoms with van der Waals surface area (Å²) in [6.45, 7) is 0.932. The third-order valence-electron chi connectivity index (χ3n) is 4.20. The number of aliphatic hydroxyl groups is 1. The molecule has 0 atom stereocenters. The number of aromatic nitrogens is 4. The molecule has 0 saturated heterocycles. The molecule has 0 amide bonds. The zero-order chi connectivity index (χ0) is 16.5. The molecule has 6 nitrogen and oxygen atoms in total. The van der Waals surface area contributed by atoms with E-state index in [1.165, 1.54) is 0 Å². The van der Waals surface area contributed by atoms with Gasteiger partial charge < -0.3 is 19.4 Å². The molecule has 0 unspecified atom stereocenters. The minimum absolute atomic E-state index is 0.172. The molecule has 0 spiro atoms. The van der Waals surface area contributed by atoms with E-state index in [1.54, 1.807) is 19.5 Å². The molecule has 0 fully saturated rings. The van der Waals surface area contributed by atoms with Crippen molar-refractivity contribution in [1.82, 2.24) is 19.5 Å². The predicted molar refractivity (Wildman–Crippen MR) is 93.1 cm³/mol. The van der Waals surface area contributed by atoms with Crippen molar-refractivity contribution < 1.29 is 9.84 Å². The lowest BCUT2D eigenvalue weighted by atomic mass is 10.1. The second-order valence-corrected chi connectivity index (χ2v) is 5.67. The Bertz CT molecular complexity index is 970. The molecule has 4 aromatic rings. The molecule has 2 N–H and O–H groups in total. The SMILES string of the molecule is COc1ccc2c(c1)c(-c1cc3nccnc3[nH]1)cn2CCCO. The minimum Gasteiger partial charge on any atom is -0.497 e. The van der Waals surface area contributed by atoms with Gasteiger partial charge in [-0.25, -0.2) is 4.98 Å². The Morgan fingerprint density at radius 2 is 2.08 bits per heavy atom. The third-order valence-corrected chi connectivity index (χ3v) is 4.20. The van der Waals surface area contributed by atoms with Crippen LogP contribution >= 0.6 is 0 Å². The second kappa shape index (κ2) is 5.98.